The predicted molar refractivity (Wildman–Crippen MR) is 122 cm³/mol. The van der Waals surface area contributed by atoms with Gasteiger partial charge in [-0.1, -0.05) is 11.8 Å². The van der Waals surface area contributed by atoms with E-state index in [9.17, 15) is 32.8 Å². The molecule has 0 aliphatic carbocycles. The molecule has 2 aromatic heterocycles. The van der Waals surface area contributed by atoms with Crippen molar-refractivity contribution in [3.05, 3.63) is 6.33 Å². The predicted octanol–water partition coefficient (Wildman–Crippen LogP) is 2.03. The van der Waals surface area contributed by atoms with E-state index in [4.69, 9.17) is 9.26 Å². The van der Waals surface area contributed by atoms with Gasteiger partial charge in [0.15, 0.2) is 28.4 Å². The Morgan fingerprint density at radius 1 is 1.29 bits per heavy atom. The summed E-state index contributed by atoms with van der Waals surface area (Å²) < 4.78 is 65.3. The number of phosphoric ester groups is 1. The molecule has 0 saturated carbocycles. The van der Waals surface area contributed by atoms with Gasteiger partial charge >= 0.3 is 14.0 Å². The molecule has 5 atom stereocenters. The number of hydrogen-bond acceptors (Lipinski definition) is 12. The number of aliphatic hydroxyl groups excluding tert-OH is 2. The first-order valence-corrected chi connectivity index (χ1v) is 14.0. The maximum Gasteiger partial charge on any atom is 0.472 e. The minimum absolute atomic E-state index is 0.0596. The van der Waals surface area contributed by atoms with Crippen LogP contribution in [0.4, 0.5) is 19.0 Å². The molecule has 1 fully saturated rings. The summed E-state index contributed by atoms with van der Waals surface area (Å²) in [6.07, 6.45) is -7.54. The average molecular weight is 564 g/mol. The Labute approximate surface area is 206 Å². The van der Waals surface area contributed by atoms with Crippen LogP contribution in [0.1, 0.15) is 12.6 Å². The molecule has 2 aromatic rings. The van der Waals surface area contributed by atoms with Crippen LogP contribution in [0.5, 0.6) is 0 Å². The lowest BCUT2D eigenvalue weighted by Crippen LogP contribution is -2.33. The second-order valence-electron chi connectivity index (χ2n) is 7.31. The number of halogens is 3. The summed E-state index contributed by atoms with van der Waals surface area (Å²) in [5, 5.41) is 24.1. The van der Waals surface area contributed by atoms with Gasteiger partial charge in [-0.25, -0.2) is 19.5 Å². The highest BCUT2D eigenvalue weighted by atomic mass is 32.2. The van der Waals surface area contributed by atoms with E-state index in [2.05, 4.69) is 24.8 Å². The average Bonchev–Trinajstić information content (AvgIpc) is 3.33. The molecule has 12 nitrogen and oxygen atoms in total. The minimum atomic E-state index is -4.35. The maximum atomic E-state index is 12.6. The number of rotatable bonds is 12. The van der Waals surface area contributed by atoms with Crippen LogP contribution in [0.2, 0.25) is 0 Å². The van der Waals surface area contributed by atoms with E-state index in [1.54, 1.807) is 11.8 Å². The number of fused-ring (bicyclic) bond motifs is 1. The SMILES string of the molecule is COP(=O)(O)OCC1O[C@@H](n2cnc3c(NCCSC)nc(SCCC(F)(F)F)nc32)[C@H](O)[C@@H]1O. The van der Waals surface area contributed by atoms with Gasteiger partial charge in [0.25, 0.3) is 0 Å². The number of phosphoric acid groups is 1. The molecule has 18 heteroatoms. The van der Waals surface area contributed by atoms with Crippen molar-refractivity contribution in [3.63, 3.8) is 0 Å². The molecule has 0 aromatic carbocycles. The number of thioether (sulfide) groups is 2. The first-order chi connectivity index (χ1) is 16.5. The van der Waals surface area contributed by atoms with Gasteiger partial charge in [0.05, 0.1) is 19.4 Å². The number of alkyl halides is 3. The third-order valence-corrected chi connectivity index (χ3v) is 7.26. The largest absolute Gasteiger partial charge is 0.472 e. The third-order valence-electron chi connectivity index (χ3n) is 4.86. The number of aliphatic hydroxyl groups is 2. The van der Waals surface area contributed by atoms with Crippen LogP contribution in [0.3, 0.4) is 0 Å². The van der Waals surface area contributed by atoms with Gasteiger partial charge in [-0.05, 0) is 6.26 Å². The van der Waals surface area contributed by atoms with Gasteiger partial charge in [-0.15, -0.1) is 0 Å². The van der Waals surface area contributed by atoms with E-state index >= 15 is 0 Å². The number of imidazole rings is 1. The molecule has 1 saturated heterocycles. The van der Waals surface area contributed by atoms with Crippen molar-refractivity contribution in [2.45, 2.75) is 42.3 Å². The van der Waals surface area contributed by atoms with Gasteiger partial charge in [0.1, 0.15) is 18.3 Å². The van der Waals surface area contributed by atoms with Gasteiger partial charge in [-0.3, -0.25) is 13.6 Å². The van der Waals surface area contributed by atoms with Gasteiger partial charge < -0.3 is 25.2 Å². The molecular formula is C17H25F3N5O7PS2. The zero-order valence-corrected chi connectivity index (χ0v) is 21.1. The normalized spacial score (nSPS) is 24.7. The topological polar surface area (TPSA) is 161 Å². The lowest BCUT2D eigenvalue weighted by atomic mass is 10.1. The zero-order chi connectivity index (χ0) is 25.8. The standard InChI is InChI=1S/C17H25F3N5O7PS2/c1-30-33(28,29)31-7-9-11(26)12(27)15(32-9)25-8-22-10-13(21-4-6-34-2)23-16(24-14(10)25)35-5-3-17(18,19)20/h8-9,11-12,15,26-27H,3-7H2,1-2H3,(H,28,29)(H,21,23,24)/t9?,11-,12-,15-/m1/s1. The van der Waals surface area contributed by atoms with Crippen molar-refractivity contribution in [1.82, 2.24) is 19.5 Å². The number of nitrogens with zero attached hydrogens (tertiary/aromatic N) is 4. The van der Waals surface area contributed by atoms with Crippen molar-refractivity contribution in [1.29, 1.82) is 0 Å². The van der Waals surface area contributed by atoms with Crippen molar-refractivity contribution in [2.75, 3.05) is 43.3 Å². The van der Waals surface area contributed by atoms with E-state index in [1.165, 1.54) is 10.9 Å². The summed E-state index contributed by atoms with van der Waals surface area (Å²) in [5.41, 5.74) is 0.444. The summed E-state index contributed by atoms with van der Waals surface area (Å²) >= 11 is 2.39. The quantitative estimate of drug-likeness (QED) is 0.129. The molecule has 0 spiro atoms. The molecule has 2 unspecified atom stereocenters. The summed E-state index contributed by atoms with van der Waals surface area (Å²) in [4.78, 5) is 22.2. The Hall–Kier alpha value is -1.17. The van der Waals surface area contributed by atoms with Crippen molar-refractivity contribution in [3.8, 4) is 0 Å². The first kappa shape index (κ1) is 28.4. The van der Waals surface area contributed by atoms with E-state index in [0.29, 0.717) is 12.4 Å². The summed E-state index contributed by atoms with van der Waals surface area (Å²) in [7, 11) is -3.38. The summed E-state index contributed by atoms with van der Waals surface area (Å²) in [5.74, 6) is 0.734. The number of nitrogens with one attached hydrogen (secondary N) is 1. The van der Waals surface area contributed by atoms with E-state index < -0.39 is 51.6 Å². The van der Waals surface area contributed by atoms with Gasteiger partial charge in [0.2, 0.25) is 0 Å². The molecule has 3 rings (SSSR count). The molecule has 1 aliphatic rings. The van der Waals surface area contributed by atoms with Crippen molar-refractivity contribution < 1.29 is 46.6 Å². The van der Waals surface area contributed by atoms with Crippen LogP contribution in [-0.4, -0.2) is 97.1 Å². The number of ether oxygens (including phenoxy) is 1. The molecule has 198 valence electrons. The molecule has 0 radical (unpaired) electrons. The maximum absolute atomic E-state index is 12.6. The molecule has 0 amide bonds. The Morgan fingerprint density at radius 3 is 2.69 bits per heavy atom. The molecular weight excluding hydrogens is 538 g/mol. The van der Waals surface area contributed by atoms with Crippen LogP contribution in [0.25, 0.3) is 11.2 Å². The molecule has 35 heavy (non-hydrogen) atoms. The van der Waals surface area contributed by atoms with E-state index in [1.807, 2.05) is 6.26 Å². The smallest absolute Gasteiger partial charge is 0.387 e. The second-order valence-corrected chi connectivity index (χ2v) is 10.9. The van der Waals surface area contributed by atoms with Crippen LogP contribution in [0, 0.1) is 0 Å². The monoisotopic (exact) mass is 563 g/mol. The fourth-order valence-electron chi connectivity index (χ4n) is 3.12. The summed E-state index contributed by atoms with van der Waals surface area (Å²) in [6, 6.07) is 0. The van der Waals surface area contributed by atoms with Gasteiger partial charge in [-0.2, -0.15) is 24.9 Å². The fourth-order valence-corrected chi connectivity index (χ4v) is 4.69. The van der Waals surface area contributed by atoms with Crippen molar-refractivity contribution >= 4 is 48.3 Å². The minimum Gasteiger partial charge on any atom is -0.387 e. The highest BCUT2D eigenvalue weighted by Gasteiger charge is 2.45. The number of aromatic nitrogens is 4. The lowest BCUT2D eigenvalue weighted by Gasteiger charge is -2.17. The highest BCUT2D eigenvalue weighted by molar-refractivity contribution is 7.99. The Balaban J connectivity index is 1.87. The zero-order valence-electron chi connectivity index (χ0n) is 18.6. The number of anilines is 1. The molecule has 4 N–H and O–H groups in total. The van der Waals surface area contributed by atoms with Crippen LogP contribution in [0.15, 0.2) is 11.5 Å². The lowest BCUT2D eigenvalue weighted by molar-refractivity contribution is -0.129. The Kier molecular flexibility index (Phi) is 9.67. The van der Waals surface area contributed by atoms with Gasteiger partial charge in [0, 0.05) is 25.2 Å². The van der Waals surface area contributed by atoms with E-state index in [0.717, 1.165) is 24.6 Å². The molecule has 3 heterocycles. The first-order valence-electron chi connectivity index (χ1n) is 10.2. The molecule has 0 bridgehead atoms. The second kappa shape index (κ2) is 11.9. The third kappa shape index (κ3) is 7.42. The fraction of sp³-hybridized carbons (Fsp3) is 0.706. The van der Waals surface area contributed by atoms with Crippen LogP contribution < -0.4 is 5.32 Å². The Bertz CT molecular complexity index is 1050. The van der Waals surface area contributed by atoms with E-state index in [-0.39, 0.29) is 22.1 Å². The van der Waals surface area contributed by atoms with Crippen molar-refractivity contribution in [2.24, 2.45) is 0 Å². The Morgan fingerprint density at radius 2 is 2.03 bits per heavy atom. The summed E-state index contributed by atoms with van der Waals surface area (Å²) in [6.45, 7) is -0.0494. The number of hydrogen-bond donors (Lipinski definition) is 4. The highest BCUT2D eigenvalue weighted by Crippen LogP contribution is 2.43. The molecule has 1 aliphatic heterocycles. The van der Waals surface area contributed by atoms with Crippen LogP contribution >= 0.6 is 31.3 Å². The van der Waals surface area contributed by atoms with Crippen LogP contribution in [-0.2, 0) is 18.3 Å².